The second-order valence-corrected chi connectivity index (χ2v) is 8.51. The quantitative estimate of drug-likeness (QED) is 0.218. The minimum absolute atomic E-state index is 0.739. The van der Waals surface area contributed by atoms with E-state index in [4.69, 9.17) is 9.72 Å². The maximum atomic E-state index is 6.06. The Morgan fingerprint density at radius 2 is 1.38 bits per heavy atom. The molecule has 0 N–H and O–H groups in total. The van der Waals surface area contributed by atoms with Crippen LogP contribution in [0.25, 0.3) is 33.4 Å². The van der Waals surface area contributed by atoms with Gasteiger partial charge in [0, 0.05) is 17.1 Å². The molecule has 3 heteroatoms. The largest absolute Gasteiger partial charge is 0.494 e. The van der Waals surface area contributed by atoms with E-state index in [0.717, 1.165) is 58.6 Å². The minimum atomic E-state index is 0.739. The van der Waals surface area contributed by atoms with Crippen LogP contribution in [0.2, 0.25) is 0 Å². The Morgan fingerprint density at radius 1 is 0.618 bits per heavy atom. The average Bonchev–Trinajstić information content (AvgIpc) is 2.91. The number of unbranched alkanes of at least 4 members (excludes halogenated alkanes) is 2. The second kappa shape index (κ2) is 10.8. The van der Waals surface area contributed by atoms with E-state index in [2.05, 4.69) is 77.8 Å². The Labute approximate surface area is 201 Å². The molecule has 3 nitrogen and oxygen atoms in total. The summed E-state index contributed by atoms with van der Waals surface area (Å²) in [5.41, 5.74) is 5.63. The van der Waals surface area contributed by atoms with Crippen LogP contribution in [0.3, 0.4) is 0 Å². The highest BCUT2D eigenvalue weighted by molar-refractivity contribution is 5.80. The van der Waals surface area contributed by atoms with E-state index in [1.54, 1.807) is 0 Å². The molecule has 5 rings (SSSR count). The first-order valence-corrected chi connectivity index (χ1v) is 11.9. The first-order valence-electron chi connectivity index (χ1n) is 11.9. The monoisotopic (exact) mass is 444 g/mol. The molecule has 0 bridgehead atoms. The molecule has 0 aliphatic heterocycles. The average molecular weight is 445 g/mol. The van der Waals surface area contributed by atoms with Crippen molar-refractivity contribution in [1.29, 1.82) is 0 Å². The van der Waals surface area contributed by atoms with Crippen molar-refractivity contribution in [2.45, 2.75) is 25.7 Å². The second-order valence-electron chi connectivity index (χ2n) is 8.51. The Morgan fingerprint density at radius 3 is 2.29 bits per heavy atom. The molecule has 0 atom stereocenters. The highest BCUT2D eigenvalue weighted by atomic mass is 16.5. The zero-order valence-corrected chi connectivity index (χ0v) is 19.2. The van der Waals surface area contributed by atoms with Crippen molar-refractivity contribution in [3.05, 3.63) is 115 Å². The van der Waals surface area contributed by atoms with Gasteiger partial charge in [-0.2, -0.15) is 0 Å². The van der Waals surface area contributed by atoms with E-state index in [0.29, 0.717) is 0 Å². The Bertz CT molecular complexity index is 1360. The summed E-state index contributed by atoms with van der Waals surface area (Å²) in [6, 6.07) is 35.4. The number of nitrogens with zero attached hydrogens (tertiary/aromatic N) is 2. The fourth-order valence-electron chi connectivity index (χ4n) is 4.16. The fourth-order valence-corrected chi connectivity index (χ4v) is 4.16. The zero-order chi connectivity index (χ0) is 23.0. The lowest BCUT2D eigenvalue weighted by molar-refractivity contribution is 0.305. The third-order valence-electron chi connectivity index (χ3n) is 6.00. The van der Waals surface area contributed by atoms with Crippen molar-refractivity contribution >= 4 is 10.9 Å². The van der Waals surface area contributed by atoms with E-state index in [9.17, 15) is 0 Å². The highest BCUT2D eigenvalue weighted by Crippen LogP contribution is 2.28. The van der Waals surface area contributed by atoms with Crippen LogP contribution in [0.5, 0.6) is 5.75 Å². The fraction of sp³-hybridized carbons (Fsp3) is 0.161. The molecule has 0 radical (unpaired) electrons. The summed E-state index contributed by atoms with van der Waals surface area (Å²) >= 11 is 0. The molecule has 0 amide bonds. The summed E-state index contributed by atoms with van der Waals surface area (Å²) in [6.45, 7) is 0.739. The number of benzene rings is 4. The number of hydrogen-bond acceptors (Lipinski definition) is 3. The maximum Gasteiger partial charge on any atom is 0.159 e. The molecule has 168 valence electrons. The van der Waals surface area contributed by atoms with Gasteiger partial charge in [0.15, 0.2) is 5.82 Å². The minimum Gasteiger partial charge on any atom is -0.494 e. The molecule has 1 aromatic heterocycles. The molecule has 0 spiro atoms. The van der Waals surface area contributed by atoms with E-state index in [1.807, 2.05) is 36.5 Å². The lowest BCUT2D eigenvalue weighted by atomic mass is 10.0. The third-order valence-corrected chi connectivity index (χ3v) is 6.00. The van der Waals surface area contributed by atoms with Crippen LogP contribution < -0.4 is 4.74 Å². The van der Waals surface area contributed by atoms with E-state index >= 15 is 0 Å². The summed E-state index contributed by atoms with van der Waals surface area (Å²) in [7, 11) is 0. The van der Waals surface area contributed by atoms with Crippen LogP contribution in [-0.4, -0.2) is 16.6 Å². The predicted octanol–water partition coefficient (Wildman–Crippen LogP) is 7.76. The van der Waals surface area contributed by atoms with Crippen molar-refractivity contribution < 1.29 is 4.74 Å². The first kappa shape index (κ1) is 21.8. The topological polar surface area (TPSA) is 35.0 Å². The van der Waals surface area contributed by atoms with Gasteiger partial charge in [-0.15, -0.1) is 0 Å². The van der Waals surface area contributed by atoms with Crippen LogP contribution in [0, 0.1) is 0 Å². The predicted molar refractivity (Wildman–Crippen MR) is 140 cm³/mol. The van der Waals surface area contributed by atoms with Crippen LogP contribution in [0.15, 0.2) is 109 Å². The van der Waals surface area contributed by atoms with Gasteiger partial charge in [0.1, 0.15) is 5.75 Å². The summed E-state index contributed by atoms with van der Waals surface area (Å²) < 4.78 is 6.06. The molecular weight excluding hydrogens is 416 g/mol. The van der Waals surface area contributed by atoms with Crippen LogP contribution in [-0.2, 0) is 6.42 Å². The Kier molecular flexibility index (Phi) is 6.91. The molecule has 4 aromatic carbocycles. The summed E-state index contributed by atoms with van der Waals surface area (Å²) in [6.07, 6.45) is 6.44. The molecule has 5 aromatic rings. The van der Waals surface area contributed by atoms with E-state index in [-0.39, 0.29) is 0 Å². The highest BCUT2D eigenvalue weighted by Gasteiger charge is 2.06. The van der Waals surface area contributed by atoms with Crippen molar-refractivity contribution in [2.75, 3.05) is 6.61 Å². The molecule has 0 aliphatic carbocycles. The molecule has 1 heterocycles. The molecule has 0 saturated carbocycles. The SMILES string of the molecule is c1ccc(CCCCCOc2cccc(-c3cccc(-c4ncc5ccccc5n4)c3)c2)cc1. The van der Waals surface area contributed by atoms with Gasteiger partial charge in [0.25, 0.3) is 0 Å². The summed E-state index contributed by atoms with van der Waals surface area (Å²) in [5, 5.41) is 1.05. The molecule has 0 aliphatic rings. The van der Waals surface area contributed by atoms with Gasteiger partial charge in [-0.05, 0) is 66.6 Å². The van der Waals surface area contributed by atoms with Gasteiger partial charge in [-0.3, -0.25) is 0 Å². The number of para-hydroxylation sites is 1. The number of fused-ring (bicyclic) bond motifs is 1. The molecular formula is C31H28N2O. The normalized spacial score (nSPS) is 10.9. The first-order chi connectivity index (χ1) is 16.8. The maximum absolute atomic E-state index is 6.06. The lowest BCUT2D eigenvalue weighted by Crippen LogP contribution is -1.98. The van der Waals surface area contributed by atoms with Gasteiger partial charge in [-0.1, -0.05) is 78.9 Å². The number of rotatable bonds is 9. The smallest absolute Gasteiger partial charge is 0.159 e. The van der Waals surface area contributed by atoms with Crippen LogP contribution in [0.4, 0.5) is 0 Å². The molecule has 34 heavy (non-hydrogen) atoms. The van der Waals surface area contributed by atoms with Crippen LogP contribution in [0.1, 0.15) is 24.8 Å². The summed E-state index contributed by atoms with van der Waals surface area (Å²) in [4.78, 5) is 9.32. The third kappa shape index (κ3) is 5.49. The van der Waals surface area contributed by atoms with Crippen molar-refractivity contribution in [2.24, 2.45) is 0 Å². The number of hydrogen-bond donors (Lipinski definition) is 0. The Hall–Kier alpha value is -3.98. The lowest BCUT2D eigenvalue weighted by Gasteiger charge is -2.10. The van der Waals surface area contributed by atoms with E-state index < -0.39 is 0 Å². The van der Waals surface area contributed by atoms with Crippen LogP contribution >= 0.6 is 0 Å². The number of aryl methyl sites for hydroxylation is 1. The molecule has 0 fully saturated rings. The molecule has 0 saturated heterocycles. The van der Waals surface area contributed by atoms with Crippen molar-refractivity contribution in [1.82, 2.24) is 9.97 Å². The number of aromatic nitrogens is 2. The van der Waals surface area contributed by atoms with Gasteiger partial charge < -0.3 is 4.74 Å². The summed E-state index contributed by atoms with van der Waals surface area (Å²) in [5.74, 6) is 1.65. The Balaban J connectivity index is 1.21. The molecule has 0 unspecified atom stereocenters. The van der Waals surface area contributed by atoms with Gasteiger partial charge >= 0.3 is 0 Å². The van der Waals surface area contributed by atoms with Gasteiger partial charge in [0.05, 0.1) is 12.1 Å². The zero-order valence-electron chi connectivity index (χ0n) is 19.2. The standard InChI is InChI=1S/C31H28N2O/c1-3-11-24(12-4-1)13-5-2-8-20-34-29-18-10-16-26(22-29)25-15-9-17-27(21-25)31-32-23-28-14-6-7-19-30(28)33-31/h1,3-4,6-7,9-12,14-19,21-23H,2,5,8,13,20H2. The van der Waals surface area contributed by atoms with Crippen molar-refractivity contribution in [3.63, 3.8) is 0 Å². The number of ether oxygens (including phenoxy) is 1. The van der Waals surface area contributed by atoms with Gasteiger partial charge in [-0.25, -0.2) is 9.97 Å². The van der Waals surface area contributed by atoms with E-state index in [1.165, 1.54) is 18.4 Å². The van der Waals surface area contributed by atoms with Gasteiger partial charge in [0.2, 0.25) is 0 Å². The van der Waals surface area contributed by atoms with Crippen molar-refractivity contribution in [3.8, 4) is 28.3 Å².